The molecule has 0 aromatic heterocycles. The first kappa shape index (κ1) is 27.5. The molecular formula is C29H21Cl2N3O5. The molecule has 0 spiro atoms. The molecule has 1 amide bonds. The summed E-state index contributed by atoms with van der Waals surface area (Å²) in [4.78, 5) is 23.2. The van der Waals surface area contributed by atoms with Crippen LogP contribution in [0.2, 0.25) is 10.0 Å². The summed E-state index contributed by atoms with van der Waals surface area (Å²) in [5.41, 5.74) is 0.887. The Hall–Kier alpha value is -4.58. The molecular weight excluding hydrogens is 541 g/mol. The van der Waals surface area contributed by atoms with Crippen LogP contribution in [-0.4, -0.2) is 17.4 Å². The molecule has 0 heterocycles. The van der Waals surface area contributed by atoms with Gasteiger partial charge in [0.05, 0.1) is 16.6 Å². The van der Waals surface area contributed by atoms with Crippen molar-refractivity contribution in [2.24, 2.45) is 0 Å². The lowest BCUT2D eigenvalue weighted by Crippen LogP contribution is -2.13. The van der Waals surface area contributed by atoms with Crippen LogP contribution in [0.3, 0.4) is 0 Å². The van der Waals surface area contributed by atoms with Crippen LogP contribution >= 0.6 is 23.2 Å². The van der Waals surface area contributed by atoms with Crippen molar-refractivity contribution in [2.75, 3.05) is 11.9 Å². The van der Waals surface area contributed by atoms with E-state index in [1.807, 2.05) is 55.5 Å². The Morgan fingerprint density at radius 2 is 1.82 bits per heavy atom. The summed E-state index contributed by atoms with van der Waals surface area (Å²) in [6.45, 7) is 2.38. The molecule has 0 bridgehead atoms. The van der Waals surface area contributed by atoms with Crippen molar-refractivity contribution in [3.8, 4) is 17.6 Å². The van der Waals surface area contributed by atoms with Crippen molar-refractivity contribution in [1.29, 1.82) is 5.26 Å². The highest BCUT2D eigenvalue weighted by Crippen LogP contribution is 2.38. The standard InChI is InChI=1S/C29H21Cl2N3O5/c1-2-38-27-14-18(12-21(16-32)29(35)33-22-10-11-24(30)26(15-22)34(36)37)13-25(31)28(27)39-17-20-8-5-7-19-6-3-4-9-23(19)20/h3-15H,2,17H2,1H3,(H,33,35)/b21-12+. The van der Waals surface area contributed by atoms with Crippen molar-refractivity contribution >= 4 is 57.3 Å². The molecule has 0 radical (unpaired) electrons. The fourth-order valence-corrected chi connectivity index (χ4v) is 4.35. The number of nitrogens with zero attached hydrogens (tertiary/aromatic N) is 2. The molecule has 0 atom stereocenters. The second-order valence-corrected chi connectivity index (χ2v) is 9.05. The molecule has 0 unspecified atom stereocenters. The number of hydrogen-bond donors (Lipinski definition) is 1. The summed E-state index contributed by atoms with van der Waals surface area (Å²) in [5, 5.41) is 25.5. The molecule has 196 valence electrons. The Balaban J connectivity index is 1.59. The number of benzene rings is 4. The largest absolute Gasteiger partial charge is 0.490 e. The first-order chi connectivity index (χ1) is 18.8. The Labute approximate surface area is 234 Å². The van der Waals surface area contributed by atoms with Crippen LogP contribution < -0.4 is 14.8 Å². The number of halogens is 2. The lowest BCUT2D eigenvalue weighted by atomic mass is 10.1. The average molecular weight is 562 g/mol. The number of hydrogen-bond acceptors (Lipinski definition) is 6. The number of nitro benzene ring substituents is 1. The number of nitrogens with one attached hydrogen (secondary N) is 1. The molecule has 1 N–H and O–H groups in total. The number of rotatable bonds is 9. The number of anilines is 1. The highest BCUT2D eigenvalue weighted by atomic mass is 35.5. The summed E-state index contributed by atoms with van der Waals surface area (Å²) >= 11 is 12.4. The van der Waals surface area contributed by atoms with E-state index in [-0.39, 0.29) is 33.6 Å². The average Bonchev–Trinajstić information content (AvgIpc) is 2.92. The Morgan fingerprint density at radius 3 is 2.56 bits per heavy atom. The number of amides is 1. The summed E-state index contributed by atoms with van der Waals surface area (Å²) < 4.78 is 11.8. The Morgan fingerprint density at radius 1 is 1.05 bits per heavy atom. The first-order valence-corrected chi connectivity index (χ1v) is 12.5. The summed E-state index contributed by atoms with van der Waals surface area (Å²) in [6.07, 6.45) is 1.34. The number of nitro groups is 1. The van der Waals surface area contributed by atoms with Gasteiger partial charge >= 0.3 is 0 Å². The van der Waals surface area contributed by atoms with Gasteiger partial charge in [0.15, 0.2) is 11.5 Å². The van der Waals surface area contributed by atoms with E-state index in [0.717, 1.165) is 22.4 Å². The van der Waals surface area contributed by atoms with Crippen molar-refractivity contribution < 1.29 is 19.2 Å². The van der Waals surface area contributed by atoms with Crippen LogP contribution in [-0.2, 0) is 11.4 Å². The highest BCUT2D eigenvalue weighted by molar-refractivity contribution is 6.33. The van der Waals surface area contributed by atoms with E-state index in [0.29, 0.717) is 23.7 Å². The van der Waals surface area contributed by atoms with Crippen LogP contribution in [0.25, 0.3) is 16.8 Å². The van der Waals surface area contributed by atoms with Gasteiger partial charge in [-0.15, -0.1) is 0 Å². The molecule has 0 aliphatic rings. The molecule has 8 nitrogen and oxygen atoms in total. The maximum absolute atomic E-state index is 12.7. The fourth-order valence-electron chi connectivity index (χ4n) is 3.89. The lowest BCUT2D eigenvalue weighted by molar-refractivity contribution is -0.384. The van der Waals surface area contributed by atoms with Crippen molar-refractivity contribution in [2.45, 2.75) is 13.5 Å². The summed E-state index contributed by atoms with van der Waals surface area (Å²) in [6, 6.07) is 22.7. The van der Waals surface area contributed by atoms with E-state index >= 15 is 0 Å². The van der Waals surface area contributed by atoms with E-state index in [1.54, 1.807) is 12.1 Å². The van der Waals surface area contributed by atoms with E-state index in [2.05, 4.69) is 5.32 Å². The SMILES string of the molecule is CCOc1cc(/C=C(\C#N)C(=O)Nc2ccc(Cl)c([N+](=O)[O-])c2)cc(Cl)c1OCc1cccc2ccccc12. The van der Waals surface area contributed by atoms with Gasteiger partial charge in [-0.05, 0) is 59.2 Å². The van der Waals surface area contributed by atoms with Crippen molar-refractivity contribution in [3.05, 3.63) is 110 Å². The predicted octanol–water partition coefficient (Wildman–Crippen LogP) is 7.58. The van der Waals surface area contributed by atoms with Gasteiger partial charge < -0.3 is 14.8 Å². The van der Waals surface area contributed by atoms with Crippen LogP contribution in [0.15, 0.2) is 78.4 Å². The third kappa shape index (κ3) is 6.47. The minimum atomic E-state index is -0.764. The van der Waals surface area contributed by atoms with Crippen LogP contribution in [0.5, 0.6) is 11.5 Å². The van der Waals surface area contributed by atoms with Gasteiger partial charge in [0, 0.05) is 11.8 Å². The Bertz CT molecular complexity index is 1640. The molecule has 0 aliphatic heterocycles. The molecule has 4 aromatic rings. The molecule has 10 heteroatoms. The molecule has 39 heavy (non-hydrogen) atoms. The number of ether oxygens (including phenoxy) is 2. The van der Waals surface area contributed by atoms with Gasteiger partial charge in [-0.3, -0.25) is 14.9 Å². The quantitative estimate of drug-likeness (QED) is 0.0974. The minimum absolute atomic E-state index is 0.0742. The Kier molecular flexibility index (Phi) is 8.67. The normalized spacial score (nSPS) is 11.1. The van der Waals surface area contributed by atoms with Gasteiger partial charge in [-0.25, -0.2) is 0 Å². The fraction of sp³-hybridized carbons (Fsp3) is 0.103. The zero-order chi connectivity index (χ0) is 27.9. The van der Waals surface area contributed by atoms with Crippen LogP contribution in [0.1, 0.15) is 18.1 Å². The predicted molar refractivity (Wildman–Crippen MR) is 151 cm³/mol. The van der Waals surface area contributed by atoms with Crippen LogP contribution in [0, 0.1) is 21.4 Å². The summed E-state index contributed by atoms with van der Waals surface area (Å²) in [7, 11) is 0. The van der Waals surface area contributed by atoms with Gasteiger partial charge in [0.25, 0.3) is 11.6 Å². The second kappa shape index (κ2) is 12.3. The van der Waals surface area contributed by atoms with Gasteiger partial charge in [0.2, 0.25) is 0 Å². The van der Waals surface area contributed by atoms with Crippen molar-refractivity contribution in [3.63, 3.8) is 0 Å². The number of carbonyl (C=O) groups is 1. The van der Waals surface area contributed by atoms with E-state index in [1.165, 1.54) is 18.2 Å². The topological polar surface area (TPSA) is 114 Å². The smallest absolute Gasteiger partial charge is 0.289 e. The second-order valence-electron chi connectivity index (χ2n) is 8.24. The third-order valence-corrected chi connectivity index (χ3v) is 6.26. The van der Waals surface area contributed by atoms with E-state index in [9.17, 15) is 20.2 Å². The zero-order valence-corrected chi connectivity index (χ0v) is 22.1. The molecule has 0 aliphatic carbocycles. The number of fused-ring (bicyclic) bond motifs is 1. The van der Waals surface area contributed by atoms with Gasteiger partial charge in [-0.2, -0.15) is 5.26 Å². The maximum atomic E-state index is 12.7. The molecule has 0 saturated heterocycles. The zero-order valence-electron chi connectivity index (χ0n) is 20.6. The molecule has 4 aromatic carbocycles. The van der Waals surface area contributed by atoms with Crippen LogP contribution in [0.4, 0.5) is 11.4 Å². The maximum Gasteiger partial charge on any atom is 0.289 e. The number of carbonyl (C=O) groups excluding carboxylic acids is 1. The van der Waals surface area contributed by atoms with E-state index in [4.69, 9.17) is 32.7 Å². The summed E-state index contributed by atoms with van der Waals surface area (Å²) in [5.74, 6) is -0.0815. The van der Waals surface area contributed by atoms with Gasteiger partial charge in [0.1, 0.15) is 23.3 Å². The number of nitriles is 1. The monoisotopic (exact) mass is 561 g/mol. The first-order valence-electron chi connectivity index (χ1n) is 11.7. The third-order valence-electron chi connectivity index (χ3n) is 5.66. The van der Waals surface area contributed by atoms with Crippen molar-refractivity contribution in [1.82, 2.24) is 0 Å². The molecule has 0 saturated carbocycles. The highest BCUT2D eigenvalue weighted by Gasteiger charge is 2.17. The van der Waals surface area contributed by atoms with E-state index < -0.39 is 10.8 Å². The lowest BCUT2D eigenvalue weighted by Gasteiger charge is -2.15. The van der Waals surface area contributed by atoms with Gasteiger partial charge in [-0.1, -0.05) is 65.7 Å². The minimum Gasteiger partial charge on any atom is -0.490 e. The molecule has 4 rings (SSSR count). The molecule has 0 fully saturated rings.